The van der Waals surface area contributed by atoms with E-state index >= 15 is 0 Å². The molecule has 3 heteroatoms. The molecule has 0 aliphatic heterocycles. The first kappa shape index (κ1) is 10.3. The predicted octanol–water partition coefficient (Wildman–Crippen LogP) is 2.92. The molecule has 2 rings (SSSR count). The molecule has 0 unspecified atom stereocenters. The molecule has 1 aromatic carbocycles. The minimum Gasteiger partial charge on any atom is -0.391 e. The lowest BCUT2D eigenvalue weighted by Crippen LogP contribution is -1.85. The number of benzene rings is 1. The fraction of sp³-hybridized carbons (Fsp3) is 0.250. The Hall–Kier alpha value is -1.19. The fourth-order valence-electron chi connectivity index (χ4n) is 1.51. The normalized spacial score (nSPS) is 10.6. The largest absolute Gasteiger partial charge is 0.391 e. The maximum Gasteiger partial charge on any atom is 0.0905 e. The molecular formula is C12H13NOS. The van der Waals surface area contributed by atoms with E-state index in [0.717, 1.165) is 21.1 Å². The van der Waals surface area contributed by atoms with Crippen molar-refractivity contribution >= 4 is 11.3 Å². The molecule has 2 aromatic rings. The third-order valence-corrected chi connectivity index (χ3v) is 3.23. The summed E-state index contributed by atoms with van der Waals surface area (Å²) in [6, 6.07) is 8.21. The molecule has 0 aliphatic carbocycles. The Morgan fingerprint density at radius 2 is 1.87 bits per heavy atom. The van der Waals surface area contributed by atoms with Crippen molar-refractivity contribution in [1.82, 2.24) is 4.98 Å². The molecule has 0 atom stereocenters. The van der Waals surface area contributed by atoms with Gasteiger partial charge in [0.05, 0.1) is 22.2 Å². The molecule has 1 aromatic heterocycles. The average molecular weight is 219 g/mol. The first-order chi connectivity index (χ1) is 7.20. The van der Waals surface area contributed by atoms with E-state index in [1.54, 1.807) is 11.3 Å². The van der Waals surface area contributed by atoms with Crippen molar-refractivity contribution in [1.29, 1.82) is 0 Å². The number of rotatable bonds is 2. The summed E-state index contributed by atoms with van der Waals surface area (Å²) in [5.74, 6) is 0. The molecule has 0 fully saturated rings. The maximum atomic E-state index is 9.22. The molecule has 0 spiro atoms. The summed E-state index contributed by atoms with van der Waals surface area (Å²) < 4.78 is 0. The van der Waals surface area contributed by atoms with Crippen molar-refractivity contribution in [3.8, 4) is 11.3 Å². The SMILES string of the molecule is Cc1ccc(-c2nc(C)sc2CO)cc1. The van der Waals surface area contributed by atoms with Crippen LogP contribution >= 0.6 is 11.3 Å². The van der Waals surface area contributed by atoms with Crippen LogP contribution in [-0.4, -0.2) is 10.1 Å². The monoisotopic (exact) mass is 219 g/mol. The van der Waals surface area contributed by atoms with Gasteiger partial charge in [-0.3, -0.25) is 0 Å². The Morgan fingerprint density at radius 1 is 1.20 bits per heavy atom. The number of aliphatic hydroxyl groups is 1. The summed E-state index contributed by atoms with van der Waals surface area (Å²) in [6.45, 7) is 4.08. The summed E-state index contributed by atoms with van der Waals surface area (Å²) in [5, 5.41) is 10.2. The number of nitrogens with zero attached hydrogens (tertiary/aromatic N) is 1. The van der Waals surface area contributed by atoms with E-state index in [4.69, 9.17) is 0 Å². The van der Waals surface area contributed by atoms with Crippen LogP contribution in [0.1, 0.15) is 15.4 Å². The lowest BCUT2D eigenvalue weighted by molar-refractivity contribution is 0.286. The number of thiazole rings is 1. The Balaban J connectivity index is 2.48. The van der Waals surface area contributed by atoms with Crippen LogP contribution in [0.25, 0.3) is 11.3 Å². The smallest absolute Gasteiger partial charge is 0.0905 e. The van der Waals surface area contributed by atoms with Gasteiger partial charge in [0.1, 0.15) is 0 Å². The van der Waals surface area contributed by atoms with E-state index in [2.05, 4.69) is 24.0 Å². The summed E-state index contributed by atoms with van der Waals surface area (Å²) in [5.41, 5.74) is 3.23. The molecule has 2 nitrogen and oxygen atoms in total. The quantitative estimate of drug-likeness (QED) is 0.842. The van der Waals surface area contributed by atoms with Crippen molar-refractivity contribution < 1.29 is 5.11 Å². The number of aromatic nitrogens is 1. The summed E-state index contributed by atoms with van der Waals surface area (Å²) >= 11 is 1.55. The Kier molecular flexibility index (Phi) is 2.84. The van der Waals surface area contributed by atoms with Gasteiger partial charge in [0.25, 0.3) is 0 Å². The Morgan fingerprint density at radius 3 is 2.47 bits per heavy atom. The molecule has 0 aliphatic rings. The number of hydrogen-bond donors (Lipinski definition) is 1. The minimum absolute atomic E-state index is 0.0642. The van der Waals surface area contributed by atoms with E-state index in [1.165, 1.54) is 5.56 Å². The number of aryl methyl sites for hydroxylation is 2. The zero-order valence-electron chi connectivity index (χ0n) is 8.82. The average Bonchev–Trinajstić information content (AvgIpc) is 2.61. The highest BCUT2D eigenvalue weighted by atomic mass is 32.1. The van der Waals surface area contributed by atoms with Gasteiger partial charge < -0.3 is 5.11 Å². The van der Waals surface area contributed by atoms with Crippen LogP contribution in [0, 0.1) is 13.8 Å². The zero-order chi connectivity index (χ0) is 10.8. The number of aliphatic hydroxyl groups excluding tert-OH is 1. The van der Waals surface area contributed by atoms with Crippen LogP contribution in [0.5, 0.6) is 0 Å². The van der Waals surface area contributed by atoms with E-state index < -0.39 is 0 Å². The van der Waals surface area contributed by atoms with E-state index in [-0.39, 0.29) is 6.61 Å². The molecule has 15 heavy (non-hydrogen) atoms. The van der Waals surface area contributed by atoms with Gasteiger partial charge in [-0.25, -0.2) is 4.98 Å². The highest BCUT2D eigenvalue weighted by molar-refractivity contribution is 7.12. The molecule has 0 amide bonds. The van der Waals surface area contributed by atoms with Crippen LogP contribution in [-0.2, 0) is 6.61 Å². The van der Waals surface area contributed by atoms with E-state index in [9.17, 15) is 5.11 Å². The van der Waals surface area contributed by atoms with Crippen LogP contribution in [0.4, 0.5) is 0 Å². The van der Waals surface area contributed by atoms with Gasteiger partial charge in [0.15, 0.2) is 0 Å². The molecule has 78 valence electrons. The fourth-order valence-corrected chi connectivity index (χ4v) is 2.33. The maximum absolute atomic E-state index is 9.22. The zero-order valence-corrected chi connectivity index (χ0v) is 9.64. The summed E-state index contributed by atoms with van der Waals surface area (Å²) in [6.07, 6.45) is 0. The molecule has 1 N–H and O–H groups in total. The van der Waals surface area contributed by atoms with Gasteiger partial charge in [-0.15, -0.1) is 11.3 Å². The van der Waals surface area contributed by atoms with Crippen molar-refractivity contribution in [3.63, 3.8) is 0 Å². The second-order valence-electron chi connectivity index (χ2n) is 3.53. The van der Waals surface area contributed by atoms with Gasteiger partial charge in [0.2, 0.25) is 0 Å². The molecule has 0 radical (unpaired) electrons. The Bertz CT molecular complexity index is 459. The number of hydrogen-bond acceptors (Lipinski definition) is 3. The standard InChI is InChI=1S/C12H13NOS/c1-8-3-5-10(6-4-8)12-11(7-14)15-9(2)13-12/h3-6,14H,7H2,1-2H3. The van der Waals surface area contributed by atoms with Crippen LogP contribution < -0.4 is 0 Å². The minimum atomic E-state index is 0.0642. The van der Waals surface area contributed by atoms with E-state index in [1.807, 2.05) is 19.1 Å². The third kappa shape index (κ3) is 2.08. The summed E-state index contributed by atoms with van der Waals surface area (Å²) in [7, 11) is 0. The second-order valence-corrected chi connectivity index (χ2v) is 4.82. The molecule has 0 bridgehead atoms. The first-order valence-corrected chi connectivity index (χ1v) is 5.66. The van der Waals surface area contributed by atoms with Gasteiger partial charge in [-0.2, -0.15) is 0 Å². The Labute approximate surface area is 93.2 Å². The first-order valence-electron chi connectivity index (χ1n) is 4.85. The topological polar surface area (TPSA) is 33.1 Å². The van der Waals surface area contributed by atoms with E-state index in [0.29, 0.717) is 0 Å². The highest BCUT2D eigenvalue weighted by Gasteiger charge is 2.09. The second kappa shape index (κ2) is 4.13. The van der Waals surface area contributed by atoms with Crippen molar-refractivity contribution in [3.05, 3.63) is 39.7 Å². The molecule has 0 saturated heterocycles. The molecular weight excluding hydrogens is 206 g/mol. The highest BCUT2D eigenvalue weighted by Crippen LogP contribution is 2.27. The lowest BCUT2D eigenvalue weighted by Gasteiger charge is -2.00. The lowest BCUT2D eigenvalue weighted by atomic mass is 10.1. The van der Waals surface area contributed by atoms with Gasteiger partial charge in [-0.05, 0) is 13.8 Å². The van der Waals surface area contributed by atoms with Gasteiger partial charge in [0, 0.05) is 5.56 Å². The van der Waals surface area contributed by atoms with Gasteiger partial charge in [-0.1, -0.05) is 29.8 Å². The summed E-state index contributed by atoms with van der Waals surface area (Å²) in [4.78, 5) is 5.38. The van der Waals surface area contributed by atoms with Crippen LogP contribution in [0.3, 0.4) is 0 Å². The predicted molar refractivity (Wildman–Crippen MR) is 62.9 cm³/mol. The van der Waals surface area contributed by atoms with Crippen LogP contribution in [0.15, 0.2) is 24.3 Å². The molecule has 0 saturated carbocycles. The van der Waals surface area contributed by atoms with Crippen LogP contribution in [0.2, 0.25) is 0 Å². The van der Waals surface area contributed by atoms with Crippen molar-refractivity contribution in [2.45, 2.75) is 20.5 Å². The van der Waals surface area contributed by atoms with Crippen molar-refractivity contribution in [2.24, 2.45) is 0 Å². The van der Waals surface area contributed by atoms with Crippen molar-refractivity contribution in [2.75, 3.05) is 0 Å². The van der Waals surface area contributed by atoms with Gasteiger partial charge >= 0.3 is 0 Å². The molecule has 1 heterocycles. The third-order valence-electron chi connectivity index (χ3n) is 2.27.